The number of carbonyl (C=O) groups is 1. The first-order valence-electron chi connectivity index (χ1n) is 6.59. The van der Waals surface area contributed by atoms with Crippen molar-refractivity contribution in [3.05, 3.63) is 0 Å². The van der Waals surface area contributed by atoms with Crippen LogP contribution in [0.3, 0.4) is 0 Å². The molecule has 1 heterocycles. The fourth-order valence-corrected chi connectivity index (χ4v) is 2.22. The van der Waals surface area contributed by atoms with E-state index in [9.17, 15) is 4.79 Å². The number of guanidine groups is 1. The smallest absolute Gasteiger partial charge is 0.409 e. The standard InChI is InChI=1S/C12H24N4O2S/c1-4-18-12(17)16-8-6-15(7-9-16)11(13-2)14-5-10-19-3/h4-10H2,1-3H3,(H,13,14). The molecule has 0 spiro atoms. The number of aliphatic imine (C=N–C) groups is 1. The number of thioether (sulfide) groups is 1. The molecule has 7 heteroatoms. The zero-order valence-electron chi connectivity index (χ0n) is 12.0. The molecule has 0 saturated carbocycles. The van der Waals surface area contributed by atoms with E-state index in [4.69, 9.17) is 4.74 Å². The normalized spacial score (nSPS) is 16.5. The minimum atomic E-state index is -0.215. The molecular formula is C12H24N4O2S. The molecule has 1 N–H and O–H groups in total. The molecule has 1 aliphatic rings. The molecule has 1 amide bonds. The highest BCUT2D eigenvalue weighted by Gasteiger charge is 2.23. The molecule has 0 aromatic heterocycles. The predicted octanol–water partition coefficient (Wildman–Crippen LogP) is 0.699. The second kappa shape index (κ2) is 8.90. The molecule has 1 rings (SSSR count). The largest absolute Gasteiger partial charge is 0.450 e. The highest BCUT2D eigenvalue weighted by molar-refractivity contribution is 7.98. The van der Waals surface area contributed by atoms with Crippen molar-refractivity contribution in [3.8, 4) is 0 Å². The van der Waals surface area contributed by atoms with E-state index in [0.29, 0.717) is 19.7 Å². The lowest BCUT2D eigenvalue weighted by Gasteiger charge is -2.35. The van der Waals surface area contributed by atoms with Crippen LogP contribution in [0, 0.1) is 0 Å². The average Bonchev–Trinajstić information content (AvgIpc) is 2.44. The Labute approximate surface area is 119 Å². The summed E-state index contributed by atoms with van der Waals surface area (Å²) >= 11 is 1.81. The van der Waals surface area contributed by atoms with Gasteiger partial charge in [-0.05, 0) is 13.2 Å². The Kier molecular flexibility index (Phi) is 7.47. The van der Waals surface area contributed by atoms with Crippen LogP contribution in [0.25, 0.3) is 0 Å². The Bertz CT molecular complexity index is 304. The van der Waals surface area contributed by atoms with Crippen LogP contribution in [-0.2, 0) is 4.74 Å². The molecular weight excluding hydrogens is 264 g/mol. The van der Waals surface area contributed by atoms with Crippen molar-refractivity contribution in [2.75, 3.05) is 58.4 Å². The van der Waals surface area contributed by atoms with Crippen LogP contribution in [0.4, 0.5) is 4.79 Å². The maximum absolute atomic E-state index is 11.6. The molecule has 0 aromatic rings. The quantitative estimate of drug-likeness (QED) is 0.469. The van der Waals surface area contributed by atoms with E-state index in [1.807, 2.05) is 6.92 Å². The van der Waals surface area contributed by atoms with Crippen molar-refractivity contribution in [3.63, 3.8) is 0 Å². The van der Waals surface area contributed by atoms with Gasteiger partial charge in [-0.15, -0.1) is 0 Å². The van der Waals surface area contributed by atoms with E-state index in [1.165, 1.54) is 0 Å². The van der Waals surface area contributed by atoms with Crippen LogP contribution in [-0.4, -0.2) is 80.2 Å². The maximum atomic E-state index is 11.6. The van der Waals surface area contributed by atoms with Gasteiger partial charge < -0.3 is 19.9 Å². The molecule has 1 fully saturated rings. The number of hydrogen-bond acceptors (Lipinski definition) is 4. The van der Waals surface area contributed by atoms with E-state index in [1.54, 1.807) is 23.7 Å². The predicted molar refractivity (Wildman–Crippen MR) is 79.9 cm³/mol. The van der Waals surface area contributed by atoms with Gasteiger partial charge in [0, 0.05) is 45.5 Å². The Morgan fingerprint density at radius 3 is 2.47 bits per heavy atom. The van der Waals surface area contributed by atoms with Gasteiger partial charge in [-0.3, -0.25) is 4.99 Å². The minimum absolute atomic E-state index is 0.215. The molecule has 19 heavy (non-hydrogen) atoms. The third-order valence-corrected chi connectivity index (χ3v) is 3.52. The first-order chi connectivity index (χ1) is 9.22. The summed E-state index contributed by atoms with van der Waals surface area (Å²) in [7, 11) is 1.79. The number of hydrogen-bond donors (Lipinski definition) is 1. The summed E-state index contributed by atoms with van der Waals surface area (Å²) in [5.74, 6) is 1.97. The summed E-state index contributed by atoms with van der Waals surface area (Å²) in [6.45, 7) is 6.11. The van der Waals surface area contributed by atoms with Gasteiger partial charge in [-0.2, -0.15) is 11.8 Å². The number of nitrogens with one attached hydrogen (secondary N) is 1. The summed E-state index contributed by atoms with van der Waals surface area (Å²) in [6.07, 6.45) is 1.87. The zero-order chi connectivity index (χ0) is 14.1. The zero-order valence-corrected chi connectivity index (χ0v) is 12.8. The lowest BCUT2D eigenvalue weighted by atomic mass is 10.3. The fraction of sp³-hybridized carbons (Fsp3) is 0.833. The fourth-order valence-electron chi connectivity index (χ4n) is 1.91. The number of rotatable bonds is 4. The molecule has 6 nitrogen and oxygen atoms in total. The molecule has 0 aliphatic carbocycles. The van der Waals surface area contributed by atoms with Gasteiger partial charge in [0.1, 0.15) is 0 Å². The number of nitrogens with zero attached hydrogens (tertiary/aromatic N) is 3. The van der Waals surface area contributed by atoms with Crippen LogP contribution in [0.5, 0.6) is 0 Å². The summed E-state index contributed by atoms with van der Waals surface area (Å²) in [4.78, 5) is 19.8. The minimum Gasteiger partial charge on any atom is -0.450 e. The third kappa shape index (κ3) is 5.18. The monoisotopic (exact) mass is 288 g/mol. The van der Waals surface area contributed by atoms with Crippen molar-refractivity contribution in [2.45, 2.75) is 6.92 Å². The summed E-state index contributed by atoms with van der Waals surface area (Å²) in [5.41, 5.74) is 0. The van der Waals surface area contributed by atoms with E-state index in [0.717, 1.165) is 31.3 Å². The van der Waals surface area contributed by atoms with Gasteiger partial charge in [-0.1, -0.05) is 0 Å². The molecule has 0 unspecified atom stereocenters. The second-order valence-electron chi connectivity index (χ2n) is 4.14. The highest BCUT2D eigenvalue weighted by atomic mass is 32.2. The van der Waals surface area contributed by atoms with Crippen LogP contribution < -0.4 is 5.32 Å². The summed E-state index contributed by atoms with van der Waals surface area (Å²) in [6, 6.07) is 0. The summed E-state index contributed by atoms with van der Waals surface area (Å²) < 4.78 is 5.00. The molecule has 0 atom stereocenters. The number of piperazine rings is 1. The van der Waals surface area contributed by atoms with Gasteiger partial charge in [0.2, 0.25) is 0 Å². The highest BCUT2D eigenvalue weighted by Crippen LogP contribution is 2.04. The van der Waals surface area contributed by atoms with Crippen LogP contribution in [0.15, 0.2) is 4.99 Å². The van der Waals surface area contributed by atoms with Gasteiger partial charge in [-0.25, -0.2) is 4.79 Å². The lowest BCUT2D eigenvalue weighted by molar-refractivity contribution is 0.0915. The van der Waals surface area contributed by atoms with Gasteiger partial charge in [0.25, 0.3) is 0 Å². The first kappa shape index (κ1) is 15.9. The molecule has 0 radical (unpaired) electrons. The first-order valence-corrected chi connectivity index (χ1v) is 7.98. The Hall–Kier alpha value is -1.11. The molecule has 1 saturated heterocycles. The van der Waals surface area contributed by atoms with Crippen molar-refractivity contribution >= 4 is 23.8 Å². The number of amides is 1. The van der Waals surface area contributed by atoms with Gasteiger partial charge >= 0.3 is 6.09 Å². The average molecular weight is 288 g/mol. The van der Waals surface area contributed by atoms with E-state index in [2.05, 4.69) is 21.5 Å². The SMILES string of the molecule is CCOC(=O)N1CCN(C(=NC)NCCSC)CC1. The molecule has 1 aliphatic heterocycles. The molecule has 110 valence electrons. The topological polar surface area (TPSA) is 57.2 Å². The Morgan fingerprint density at radius 1 is 1.32 bits per heavy atom. The summed E-state index contributed by atoms with van der Waals surface area (Å²) in [5, 5.41) is 3.33. The second-order valence-corrected chi connectivity index (χ2v) is 5.13. The van der Waals surface area contributed by atoms with Crippen molar-refractivity contribution < 1.29 is 9.53 Å². The van der Waals surface area contributed by atoms with Crippen LogP contribution in [0.2, 0.25) is 0 Å². The number of ether oxygens (including phenoxy) is 1. The molecule has 0 aromatic carbocycles. The lowest BCUT2D eigenvalue weighted by Crippen LogP contribution is -2.54. The van der Waals surface area contributed by atoms with Gasteiger partial charge in [0.15, 0.2) is 5.96 Å². The van der Waals surface area contributed by atoms with Crippen LogP contribution in [0.1, 0.15) is 6.92 Å². The number of carbonyl (C=O) groups excluding carboxylic acids is 1. The Balaban J connectivity index is 2.37. The van der Waals surface area contributed by atoms with E-state index < -0.39 is 0 Å². The Morgan fingerprint density at radius 2 is 1.95 bits per heavy atom. The van der Waals surface area contributed by atoms with E-state index in [-0.39, 0.29) is 6.09 Å². The van der Waals surface area contributed by atoms with Crippen molar-refractivity contribution in [1.82, 2.24) is 15.1 Å². The van der Waals surface area contributed by atoms with E-state index >= 15 is 0 Å². The maximum Gasteiger partial charge on any atom is 0.409 e. The van der Waals surface area contributed by atoms with Crippen LogP contribution >= 0.6 is 11.8 Å². The van der Waals surface area contributed by atoms with Gasteiger partial charge in [0.05, 0.1) is 6.61 Å². The third-order valence-electron chi connectivity index (χ3n) is 2.91. The van der Waals surface area contributed by atoms with Crippen molar-refractivity contribution in [2.24, 2.45) is 4.99 Å². The molecule has 0 bridgehead atoms. The van der Waals surface area contributed by atoms with Crippen molar-refractivity contribution in [1.29, 1.82) is 0 Å².